The molecule has 0 unspecified atom stereocenters. The average molecular weight is 405 g/mol. The fourth-order valence-electron chi connectivity index (χ4n) is 3.74. The minimum atomic E-state index is -0.295. The number of hydrogen-bond acceptors (Lipinski definition) is 2. The van der Waals surface area contributed by atoms with Crippen molar-refractivity contribution in [1.29, 1.82) is 0 Å². The number of aryl methyl sites for hydroxylation is 1. The van der Waals surface area contributed by atoms with Gasteiger partial charge >= 0.3 is 0 Å². The standard InChI is InChI=1S/C25H29N3O2/c1-17-12-14-21(15-13-17)27-24(29)16-28(4)25(30)19(3)26-18(2)22-11-7-9-20-8-5-6-10-23(20)22/h5-15,18-19,26H,16H2,1-4H3,(H,27,29)/p+1/t18-,19-/m1/s1. The second-order valence-electron chi connectivity index (χ2n) is 7.95. The molecule has 0 radical (unpaired) electrons. The maximum absolute atomic E-state index is 12.8. The first-order chi connectivity index (χ1) is 14.3. The summed E-state index contributed by atoms with van der Waals surface area (Å²) in [7, 11) is 1.67. The van der Waals surface area contributed by atoms with Gasteiger partial charge in [0.1, 0.15) is 6.04 Å². The van der Waals surface area contributed by atoms with Crippen molar-refractivity contribution in [2.24, 2.45) is 0 Å². The number of benzene rings is 3. The van der Waals surface area contributed by atoms with E-state index >= 15 is 0 Å². The van der Waals surface area contributed by atoms with Gasteiger partial charge in [0, 0.05) is 18.3 Å². The normalized spacial score (nSPS) is 12.9. The summed E-state index contributed by atoms with van der Waals surface area (Å²) < 4.78 is 0. The van der Waals surface area contributed by atoms with Gasteiger partial charge in [0.15, 0.2) is 6.04 Å². The summed E-state index contributed by atoms with van der Waals surface area (Å²) >= 11 is 0. The summed E-state index contributed by atoms with van der Waals surface area (Å²) in [5.74, 6) is -0.273. The van der Waals surface area contributed by atoms with Crippen LogP contribution in [0.5, 0.6) is 0 Å². The van der Waals surface area contributed by atoms with E-state index in [4.69, 9.17) is 0 Å². The lowest BCUT2D eigenvalue weighted by Gasteiger charge is -2.23. The molecule has 5 nitrogen and oxygen atoms in total. The van der Waals surface area contributed by atoms with Crippen molar-refractivity contribution < 1.29 is 14.9 Å². The maximum Gasteiger partial charge on any atom is 0.280 e. The van der Waals surface area contributed by atoms with E-state index in [0.717, 1.165) is 11.3 Å². The Kier molecular flexibility index (Phi) is 6.85. The molecule has 0 heterocycles. The van der Waals surface area contributed by atoms with Gasteiger partial charge in [-0.1, -0.05) is 60.2 Å². The number of hydrogen-bond donors (Lipinski definition) is 2. The van der Waals surface area contributed by atoms with E-state index in [2.05, 4.69) is 47.9 Å². The minimum Gasteiger partial charge on any atom is -0.331 e. The van der Waals surface area contributed by atoms with E-state index in [9.17, 15) is 9.59 Å². The van der Waals surface area contributed by atoms with E-state index in [-0.39, 0.29) is 30.4 Å². The molecule has 3 aromatic carbocycles. The van der Waals surface area contributed by atoms with Crippen molar-refractivity contribution in [1.82, 2.24) is 4.90 Å². The van der Waals surface area contributed by atoms with Crippen molar-refractivity contribution in [3.63, 3.8) is 0 Å². The molecular formula is C25H30N3O2+. The van der Waals surface area contributed by atoms with Gasteiger partial charge in [-0.2, -0.15) is 0 Å². The summed E-state index contributed by atoms with van der Waals surface area (Å²) in [5, 5.41) is 7.29. The molecule has 0 bridgehead atoms. The molecule has 2 amide bonds. The highest BCUT2D eigenvalue weighted by molar-refractivity contribution is 5.95. The van der Waals surface area contributed by atoms with Crippen molar-refractivity contribution in [2.45, 2.75) is 32.9 Å². The van der Waals surface area contributed by atoms with Crippen LogP contribution < -0.4 is 10.6 Å². The highest BCUT2D eigenvalue weighted by Gasteiger charge is 2.25. The predicted octanol–water partition coefficient (Wildman–Crippen LogP) is 3.26. The van der Waals surface area contributed by atoms with Crippen LogP contribution >= 0.6 is 0 Å². The molecule has 0 spiro atoms. The minimum absolute atomic E-state index is 0.0214. The molecule has 0 fully saturated rings. The Morgan fingerprint density at radius 2 is 1.63 bits per heavy atom. The Hall–Kier alpha value is -3.18. The second-order valence-corrected chi connectivity index (χ2v) is 7.95. The molecule has 3 aromatic rings. The van der Waals surface area contributed by atoms with Gasteiger partial charge in [0.25, 0.3) is 5.91 Å². The molecule has 0 aromatic heterocycles. The zero-order valence-electron chi connectivity index (χ0n) is 18.1. The van der Waals surface area contributed by atoms with E-state index in [1.807, 2.05) is 50.2 Å². The lowest BCUT2D eigenvalue weighted by Crippen LogP contribution is -2.92. The van der Waals surface area contributed by atoms with E-state index < -0.39 is 0 Å². The molecule has 0 saturated heterocycles. The molecule has 156 valence electrons. The Labute approximate surface area is 178 Å². The van der Waals surface area contributed by atoms with Gasteiger partial charge in [-0.05, 0) is 43.7 Å². The number of nitrogens with zero attached hydrogens (tertiary/aromatic N) is 1. The lowest BCUT2D eigenvalue weighted by atomic mass is 9.99. The highest BCUT2D eigenvalue weighted by atomic mass is 16.2. The monoisotopic (exact) mass is 404 g/mol. The van der Waals surface area contributed by atoms with Crippen molar-refractivity contribution in [3.05, 3.63) is 77.9 Å². The van der Waals surface area contributed by atoms with Crippen molar-refractivity contribution in [2.75, 3.05) is 18.9 Å². The maximum atomic E-state index is 12.8. The van der Waals surface area contributed by atoms with Gasteiger partial charge in [-0.15, -0.1) is 0 Å². The van der Waals surface area contributed by atoms with Crippen LogP contribution in [0.3, 0.4) is 0 Å². The van der Waals surface area contributed by atoms with Crippen LogP contribution in [0.25, 0.3) is 10.8 Å². The van der Waals surface area contributed by atoms with E-state index in [0.29, 0.717) is 0 Å². The topological polar surface area (TPSA) is 66.0 Å². The predicted molar refractivity (Wildman–Crippen MR) is 121 cm³/mol. The van der Waals surface area contributed by atoms with Gasteiger partial charge in [0.2, 0.25) is 5.91 Å². The Morgan fingerprint density at radius 1 is 0.967 bits per heavy atom. The summed E-state index contributed by atoms with van der Waals surface area (Å²) in [6.45, 7) is 6.01. The van der Waals surface area contributed by atoms with Gasteiger partial charge in [-0.3, -0.25) is 9.59 Å². The quantitative estimate of drug-likeness (QED) is 0.635. The van der Waals surface area contributed by atoms with Crippen molar-refractivity contribution >= 4 is 28.3 Å². The third kappa shape index (κ3) is 5.24. The van der Waals surface area contributed by atoms with Crippen molar-refractivity contribution in [3.8, 4) is 0 Å². The number of likely N-dealkylation sites (N-methyl/N-ethyl adjacent to an activating group) is 1. The van der Waals surface area contributed by atoms with Crippen LogP contribution in [0.4, 0.5) is 5.69 Å². The van der Waals surface area contributed by atoms with Crippen LogP contribution in [-0.2, 0) is 9.59 Å². The molecule has 3 rings (SSSR count). The van der Waals surface area contributed by atoms with Crippen LogP contribution in [0.15, 0.2) is 66.7 Å². The average Bonchev–Trinajstić information content (AvgIpc) is 2.74. The summed E-state index contributed by atoms with van der Waals surface area (Å²) in [6, 6.07) is 22.0. The molecule has 30 heavy (non-hydrogen) atoms. The summed E-state index contributed by atoms with van der Waals surface area (Å²) in [5.41, 5.74) is 3.06. The molecule has 0 aliphatic carbocycles. The molecular weight excluding hydrogens is 374 g/mol. The van der Waals surface area contributed by atoms with Gasteiger partial charge in [-0.25, -0.2) is 0 Å². The zero-order chi connectivity index (χ0) is 21.7. The number of carbonyl (C=O) groups excluding carboxylic acids is 2. The molecule has 5 heteroatoms. The number of rotatable bonds is 7. The number of anilines is 1. The number of quaternary nitrogens is 1. The fourth-order valence-corrected chi connectivity index (χ4v) is 3.74. The Balaban J connectivity index is 1.58. The number of fused-ring (bicyclic) bond motifs is 1. The molecule has 0 aliphatic heterocycles. The fraction of sp³-hybridized carbons (Fsp3) is 0.280. The number of nitrogens with one attached hydrogen (secondary N) is 1. The van der Waals surface area contributed by atoms with Crippen LogP contribution in [-0.4, -0.2) is 36.3 Å². The lowest BCUT2D eigenvalue weighted by molar-refractivity contribution is -0.710. The van der Waals surface area contributed by atoms with Crippen LogP contribution in [0.1, 0.15) is 31.0 Å². The molecule has 0 aliphatic rings. The Bertz CT molecular complexity index is 1020. The summed E-state index contributed by atoms with van der Waals surface area (Å²) in [6.07, 6.45) is 0. The first kappa shape index (κ1) is 21.5. The Morgan fingerprint density at radius 3 is 2.37 bits per heavy atom. The number of carbonyl (C=O) groups is 2. The SMILES string of the molecule is Cc1ccc(NC(=O)CN(C)C(=O)[C@@H](C)[NH2+][C@H](C)c2cccc3ccccc23)cc1. The molecule has 3 N–H and O–H groups in total. The largest absolute Gasteiger partial charge is 0.331 e. The van der Waals surface area contributed by atoms with E-state index in [1.165, 1.54) is 21.2 Å². The molecule has 0 saturated carbocycles. The summed E-state index contributed by atoms with van der Waals surface area (Å²) in [4.78, 5) is 26.6. The third-order valence-electron chi connectivity index (χ3n) is 5.37. The highest BCUT2D eigenvalue weighted by Crippen LogP contribution is 2.22. The zero-order valence-corrected chi connectivity index (χ0v) is 18.1. The third-order valence-corrected chi connectivity index (χ3v) is 5.37. The molecule has 2 atom stereocenters. The van der Waals surface area contributed by atoms with Gasteiger partial charge in [0.05, 0.1) is 6.54 Å². The first-order valence-electron chi connectivity index (χ1n) is 10.3. The number of amides is 2. The first-order valence-corrected chi connectivity index (χ1v) is 10.3. The smallest absolute Gasteiger partial charge is 0.280 e. The van der Waals surface area contributed by atoms with Crippen LogP contribution in [0.2, 0.25) is 0 Å². The van der Waals surface area contributed by atoms with Gasteiger partial charge < -0.3 is 15.5 Å². The van der Waals surface area contributed by atoms with E-state index in [1.54, 1.807) is 7.05 Å². The second kappa shape index (κ2) is 9.55. The van der Waals surface area contributed by atoms with Crippen LogP contribution in [0, 0.1) is 6.92 Å². The number of nitrogens with two attached hydrogens (primary N) is 1.